The van der Waals surface area contributed by atoms with Crippen LogP contribution in [0.25, 0.3) is 16.6 Å². The van der Waals surface area contributed by atoms with E-state index in [1.54, 1.807) is 11.8 Å². The maximum absolute atomic E-state index is 14.8. The highest BCUT2D eigenvalue weighted by atomic mass is 79.9. The molecule has 0 radical (unpaired) electrons. The van der Waals surface area contributed by atoms with Crippen LogP contribution in [0.3, 0.4) is 0 Å². The van der Waals surface area contributed by atoms with Crippen LogP contribution in [-0.2, 0) is 29.5 Å². The van der Waals surface area contributed by atoms with E-state index in [2.05, 4.69) is 55.5 Å². The number of aryl methyl sites for hydroxylation is 1. The zero-order chi connectivity index (χ0) is 41.2. The Balaban J connectivity index is 1.42. The van der Waals surface area contributed by atoms with Crippen molar-refractivity contribution in [2.24, 2.45) is 0 Å². The summed E-state index contributed by atoms with van der Waals surface area (Å²) in [4.78, 5) is 45.7. The van der Waals surface area contributed by atoms with Gasteiger partial charge in [0.1, 0.15) is 0 Å². The number of aromatic nitrogens is 3. The number of fused-ring (bicyclic) bond motifs is 2. The van der Waals surface area contributed by atoms with Gasteiger partial charge in [-0.2, -0.15) is 5.10 Å². The minimum atomic E-state index is -4.40. The molecule has 0 aliphatic carbocycles. The standard InChI is InChI=1S/C41H45Br2ClN6O6S/c1-5-8-16-48(17-9-6-2)41(54)37-36(44)25(4)50(45-37)35-15-14-27(19-32(35)40(53)49-22-28-13-11-10-12-26(28)18-29(49)24-51)39(52)46-57(55,56)30-20-31-34(43)23-47(7-3)38(31)33(42)21-30/h10-15,19-21,23,29,51H,5-9,16-18,22,24H2,1-4H3,(H,46,52)/t29-/m0/s1. The molecular weight excluding hydrogens is 900 g/mol. The highest BCUT2D eigenvalue weighted by Gasteiger charge is 2.34. The van der Waals surface area contributed by atoms with Gasteiger partial charge >= 0.3 is 0 Å². The third-order valence-electron chi connectivity index (χ3n) is 10.4. The molecule has 1 aliphatic heterocycles. The van der Waals surface area contributed by atoms with E-state index in [0.29, 0.717) is 46.1 Å². The van der Waals surface area contributed by atoms with Gasteiger partial charge in [0.2, 0.25) is 0 Å². The second kappa shape index (κ2) is 17.9. The van der Waals surface area contributed by atoms with E-state index in [4.69, 9.17) is 11.6 Å². The van der Waals surface area contributed by atoms with Gasteiger partial charge < -0.3 is 19.5 Å². The Hall–Kier alpha value is -4.02. The lowest BCUT2D eigenvalue weighted by molar-refractivity contribution is 0.0544. The number of sulfonamides is 1. The molecule has 0 bridgehead atoms. The number of nitrogens with one attached hydrogen (secondary N) is 1. The van der Waals surface area contributed by atoms with Crippen molar-refractivity contribution in [3.8, 4) is 5.69 Å². The van der Waals surface area contributed by atoms with Crippen LogP contribution in [0.15, 0.2) is 74.6 Å². The summed E-state index contributed by atoms with van der Waals surface area (Å²) < 4.78 is 34.3. The Bertz CT molecular complexity index is 2460. The van der Waals surface area contributed by atoms with Crippen LogP contribution >= 0.6 is 43.5 Å². The summed E-state index contributed by atoms with van der Waals surface area (Å²) in [6, 6.07) is 14.2. The van der Waals surface area contributed by atoms with Crippen molar-refractivity contribution < 1.29 is 27.9 Å². The molecule has 3 heterocycles. The number of carbonyl (C=O) groups excluding carboxylic acids is 3. The van der Waals surface area contributed by atoms with Gasteiger partial charge in [0.25, 0.3) is 27.7 Å². The molecule has 1 atom stereocenters. The summed E-state index contributed by atoms with van der Waals surface area (Å²) in [6.45, 7) is 9.37. The normalized spacial score (nSPS) is 14.2. The van der Waals surface area contributed by atoms with E-state index >= 15 is 0 Å². The van der Waals surface area contributed by atoms with Crippen LogP contribution in [0.1, 0.15) is 94.5 Å². The van der Waals surface area contributed by atoms with Crippen LogP contribution in [-0.4, -0.2) is 81.1 Å². The number of aliphatic hydroxyl groups excluding tert-OH is 1. The third kappa shape index (κ3) is 8.59. The summed E-state index contributed by atoms with van der Waals surface area (Å²) in [5.41, 5.74) is 3.26. The average molecular weight is 945 g/mol. The van der Waals surface area contributed by atoms with Crippen molar-refractivity contribution in [2.45, 2.75) is 83.8 Å². The van der Waals surface area contributed by atoms with Crippen LogP contribution in [0.4, 0.5) is 0 Å². The lowest BCUT2D eigenvalue weighted by Gasteiger charge is -2.36. The van der Waals surface area contributed by atoms with Gasteiger partial charge in [-0.15, -0.1) is 0 Å². The smallest absolute Gasteiger partial charge is 0.275 e. The quantitative estimate of drug-likeness (QED) is 0.115. The first-order valence-electron chi connectivity index (χ1n) is 19.0. The van der Waals surface area contributed by atoms with Gasteiger partial charge in [-0.25, -0.2) is 17.8 Å². The predicted octanol–water partition coefficient (Wildman–Crippen LogP) is 8.05. The molecule has 0 saturated carbocycles. The van der Waals surface area contributed by atoms with Gasteiger partial charge in [0.05, 0.1) is 45.0 Å². The van der Waals surface area contributed by atoms with Crippen molar-refractivity contribution in [3.63, 3.8) is 0 Å². The van der Waals surface area contributed by atoms with E-state index in [0.717, 1.165) is 42.3 Å². The molecule has 6 rings (SSSR count). The SMILES string of the molecule is CCCCN(CCCC)C(=O)c1nn(-c2ccc(C(=O)NS(=O)(=O)c3cc(Br)c4c(c3)c(Br)cn4CC)cc2C(=O)N2Cc3ccccc3C[C@H]2CO)c(C)c1Cl. The molecule has 302 valence electrons. The lowest BCUT2D eigenvalue weighted by atomic mass is 9.93. The largest absolute Gasteiger partial charge is 0.394 e. The molecule has 3 amide bonds. The number of halogens is 3. The molecule has 0 unspecified atom stereocenters. The highest BCUT2D eigenvalue weighted by Crippen LogP contribution is 2.35. The zero-order valence-corrected chi connectivity index (χ0v) is 36.9. The first kappa shape index (κ1) is 42.6. The fraction of sp³-hybridized carbons (Fsp3) is 0.366. The summed E-state index contributed by atoms with van der Waals surface area (Å²) in [5, 5.41) is 15.9. The van der Waals surface area contributed by atoms with Crippen molar-refractivity contribution in [1.29, 1.82) is 0 Å². The first-order chi connectivity index (χ1) is 27.2. The van der Waals surface area contributed by atoms with E-state index in [1.165, 1.54) is 39.9 Å². The molecule has 0 fully saturated rings. The second-order valence-electron chi connectivity index (χ2n) is 14.1. The number of benzene rings is 3. The number of amides is 3. The molecule has 0 spiro atoms. The number of unbranched alkanes of at least 4 members (excludes halogenated alkanes) is 2. The molecule has 5 aromatic rings. The lowest BCUT2D eigenvalue weighted by Crippen LogP contribution is -2.46. The van der Waals surface area contributed by atoms with Crippen LogP contribution < -0.4 is 4.72 Å². The molecular formula is C41H45Br2ClN6O6S. The zero-order valence-electron chi connectivity index (χ0n) is 32.2. The Labute approximate surface area is 354 Å². The Morgan fingerprint density at radius 1 is 0.982 bits per heavy atom. The van der Waals surface area contributed by atoms with Crippen LogP contribution in [0.5, 0.6) is 0 Å². The van der Waals surface area contributed by atoms with E-state index in [1.807, 2.05) is 42.0 Å². The van der Waals surface area contributed by atoms with Crippen LogP contribution in [0, 0.1) is 6.92 Å². The van der Waals surface area contributed by atoms with Gasteiger partial charge in [0, 0.05) is 52.3 Å². The van der Waals surface area contributed by atoms with E-state index in [-0.39, 0.29) is 51.5 Å². The average Bonchev–Trinajstić information content (AvgIpc) is 3.70. The number of hydrogen-bond donors (Lipinski definition) is 2. The van der Waals surface area contributed by atoms with Gasteiger partial charge in [-0.05, 0) is 106 Å². The van der Waals surface area contributed by atoms with E-state index in [9.17, 15) is 27.9 Å². The molecule has 57 heavy (non-hydrogen) atoms. The summed E-state index contributed by atoms with van der Waals surface area (Å²) in [7, 11) is -4.40. The fourth-order valence-corrected chi connectivity index (χ4v) is 9.77. The van der Waals surface area contributed by atoms with Crippen molar-refractivity contribution in [2.75, 3.05) is 19.7 Å². The summed E-state index contributed by atoms with van der Waals surface area (Å²) >= 11 is 13.9. The molecule has 2 N–H and O–H groups in total. The second-order valence-corrected chi connectivity index (χ2v) is 17.9. The Kier molecular flexibility index (Phi) is 13.3. The maximum Gasteiger partial charge on any atom is 0.275 e. The van der Waals surface area contributed by atoms with Crippen molar-refractivity contribution >= 4 is 82.1 Å². The Morgan fingerprint density at radius 3 is 2.32 bits per heavy atom. The Morgan fingerprint density at radius 2 is 1.67 bits per heavy atom. The first-order valence-corrected chi connectivity index (χ1v) is 22.4. The molecule has 3 aromatic carbocycles. The van der Waals surface area contributed by atoms with Gasteiger partial charge in [0.15, 0.2) is 5.69 Å². The molecule has 12 nitrogen and oxygen atoms in total. The minimum absolute atomic E-state index is 0.00182. The fourth-order valence-electron chi connectivity index (χ4n) is 7.16. The minimum Gasteiger partial charge on any atom is -0.394 e. The van der Waals surface area contributed by atoms with E-state index < -0.39 is 27.9 Å². The van der Waals surface area contributed by atoms with Crippen molar-refractivity contribution in [1.82, 2.24) is 28.9 Å². The number of nitrogens with zero attached hydrogens (tertiary/aromatic N) is 5. The van der Waals surface area contributed by atoms with Gasteiger partial charge in [-0.1, -0.05) is 62.6 Å². The maximum atomic E-state index is 14.8. The highest BCUT2D eigenvalue weighted by molar-refractivity contribution is 9.11. The summed E-state index contributed by atoms with van der Waals surface area (Å²) in [6.07, 6.45) is 5.68. The number of hydrogen-bond acceptors (Lipinski definition) is 7. The predicted molar refractivity (Wildman–Crippen MR) is 228 cm³/mol. The molecule has 16 heteroatoms. The number of rotatable bonds is 14. The van der Waals surface area contributed by atoms with Crippen molar-refractivity contribution in [3.05, 3.63) is 108 Å². The monoisotopic (exact) mass is 942 g/mol. The molecule has 1 aliphatic rings. The number of carbonyl (C=O) groups is 3. The third-order valence-corrected chi connectivity index (χ3v) is 13.4. The van der Waals surface area contributed by atoms with Gasteiger partial charge in [-0.3, -0.25) is 14.4 Å². The number of aliphatic hydroxyl groups is 1. The topological polar surface area (TPSA) is 147 Å². The molecule has 0 saturated heterocycles. The summed E-state index contributed by atoms with van der Waals surface area (Å²) in [5.74, 6) is -1.82. The molecule has 2 aromatic heterocycles. The van der Waals surface area contributed by atoms with Crippen LogP contribution in [0.2, 0.25) is 5.02 Å².